The molecule has 0 spiro atoms. The molecule has 1 amide bonds. The molecule has 1 aromatic rings. The fourth-order valence-corrected chi connectivity index (χ4v) is 4.62. The Kier molecular flexibility index (Phi) is 4.99. The van der Waals surface area contributed by atoms with Crippen LogP contribution in [0.2, 0.25) is 0 Å². The number of amides is 1. The molecule has 3 rings (SSSR count). The number of thioether (sulfide) groups is 1. The van der Waals surface area contributed by atoms with Gasteiger partial charge >= 0.3 is 5.97 Å². The van der Waals surface area contributed by atoms with Crippen molar-refractivity contribution in [2.24, 2.45) is 11.7 Å². The van der Waals surface area contributed by atoms with Gasteiger partial charge in [-0.25, -0.2) is 4.79 Å². The van der Waals surface area contributed by atoms with Crippen LogP contribution in [0.4, 0.5) is 0 Å². The highest BCUT2D eigenvalue weighted by Crippen LogP contribution is 2.49. The number of rotatable bonds is 6. The molecule has 2 aliphatic heterocycles. The Morgan fingerprint density at radius 3 is 2.68 bits per heavy atom. The number of β-lactam (4-membered cyclic amide) rings is 1. The molecule has 1 fully saturated rings. The summed E-state index contributed by atoms with van der Waals surface area (Å²) in [5.74, 6) is -1.98. The highest BCUT2D eigenvalue weighted by molar-refractivity contribution is 8.11. The summed E-state index contributed by atoms with van der Waals surface area (Å²) in [7, 11) is 0. The van der Waals surface area contributed by atoms with E-state index in [2.05, 4.69) is 0 Å². The van der Waals surface area contributed by atoms with E-state index in [0.29, 0.717) is 17.9 Å². The molecule has 1 saturated heterocycles. The average molecular weight is 360 g/mol. The summed E-state index contributed by atoms with van der Waals surface area (Å²) in [5.41, 5.74) is 6.64. The number of fused-ring (bicyclic) bond motifs is 1. The van der Waals surface area contributed by atoms with E-state index in [-0.39, 0.29) is 17.6 Å². The Balaban J connectivity index is 1.92. The number of aliphatic hydroxyl groups excluding tert-OH is 1. The molecule has 2 aliphatic rings. The van der Waals surface area contributed by atoms with E-state index in [0.717, 1.165) is 10.5 Å². The fourth-order valence-electron chi connectivity index (χ4n) is 3.38. The van der Waals surface area contributed by atoms with Crippen LogP contribution >= 0.6 is 11.8 Å². The molecule has 0 bridgehead atoms. The van der Waals surface area contributed by atoms with E-state index in [1.54, 1.807) is 6.92 Å². The number of benzene rings is 1. The van der Waals surface area contributed by atoms with Gasteiger partial charge in [0.2, 0.25) is 5.91 Å². The summed E-state index contributed by atoms with van der Waals surface area (Å²) in [6, 6.07) is 9.30. The standard InChI is InChI=1S/C18H20N2O4S/c1-10(21)15-12-9-14(16(18(23)24)20(12)17(15)22)25-13(7-8-19)11-5-3-2-4-6-11/h2-7,10,12,15,21H,8-9,19H2,1H3,(H,23,24)/t10-,12+,15-/m0/s1. The number of nitrogens with two attached hydrogens (primary N) is 1. The molecule has 132 valence electrons. The Labute approximate surface area is 150 Å². The number of hydrogen-bond donors (Lipinski definition) is 3. The van der Waals surface area contributed by atoms with Crippen molar-refractivity contribution in [2.45, 2.75) is 25.5 Å². The first-order valence-electron chi connectivity index (χ1n) is 8.06. The van der Waals surface area contributed by atoms with Gasteiger partial charge in [0.1, 0.15) is 5.70 Å². The van der Waals surface area contributed by atoms with Gasteiger partial charge in [-0.15, -0.1) is 0 Å². The number of carbonyl (C=O) groups is 2. The van der Waals surface area contributed by atoms with Crippen LogP contribution in [0.25, 0.3) is 4.91 Å². The van der Waals surface area contributed by atoms with E-state index < -0.39 is 18.0 Å². The van der Waals surface area contributed by atoms with Gasteiger partial charge < -0.3 is 20.8 Å². The van der Waals surface area contributed by atoms with Gasteiger partial charge in [0.25, 0.3) is 0 Å². The van der Waals surface area contributed by atoms with Gasteiger partial charge in [0, 0.05) is 22.8 Å². The van der Waals surface area contributed by atoms with E-state index in [4.69, 9.17) is 5.73 Å². The lowest BCUT2D eigenvalue weighted by Crippen LogP contribution is -2.61. The quantitative estimate of drug-likeness (QED) is 0.666. The molecule has 0 radical (unpaired) electrons. The Hall–Kier alpha value is -2.09. The third-order valence-electron chi connectivity index (χ3n) is 4.49. The minimum atomic E-state index is -1.12. The number of carbonyl (C=O) groups excluding carboxylic acids is 1. The normalized spacial score (nSPS) is 24.2. The predicted octanol–water partition coefficient (Wildman–Crippen LogP) is 1.63. The van der Waals surface area contributed by atoms with Crippen molar-refractivity contribution in [3.8, 4) is 0 Å². The lowest BCUT2D eigenvalue weighted by atomic mass is 9.83. The second kappa shape index (κ2) is 7.03. The minimum absolute atomic E-state index is 0.0238. The van der Waals surface area contributed by atoms with Crippen molar-refractivity contribution < 1.29 is 19.8 Å². The SMILES string of the molecule is C[C@H](O)[C@@H]1C(=O)N2C(C(=O)O)=C(SC(=CCN)c3ccccc3)C[C@H]12. The van der Waals surface area contributed by atoms with Crippen LogP contribution in [0.1, 0.15) is 18.9 Å². The highest BCUT2D eigenvalue weighted by Gasteiger charge is 2.56. The van der Waals surface area contributed by atoms with Gasteiger partial charge in [0.15, 0.2) is 0 Å². The summed E-state index contributed by atoms with van der Waals surface area (Å²) >= 11 is 1.33. The maximum Gasteiger partial charge on any atom is 0.353 e. The predicted molar refractivity (Wildman–Crippen MR) is 96.1 cm³/mol. The van der Waals surface area contributed by atoms with E-state index in [1.165, 1.54) is 16.7 Å². The second-order valence-corrected chi connectivity index (χ2v) is 7.23. The third-order valence-corrected chi connectivity index (χ3v) is 5.71. The molecule has 25 heavy (non-hydrogen) atoms. The maximum atomic E-state index is 12.3. The summed E-state index contributed by atoms with van der Waals surface area (Å²) in [4.78, 5) is 26.8. The van der Waals surface area contributed by atoms with Crippen LogP contribution in [0.3, 0.4) is 0 Å². The smallest absolute Gasteiger partial charge is 0.353 e. The molecule has 3 atom stereocenters. The monoisotopic (exact) mass is 360 g/mol. The van der Waals surface area contributed by atoms with Gasteiger partial charge in [0.05, 0.1) is 18.1 Å². The third kappa shape index (κ3) is 3.10. The molecule has 0 aromatic heterocycles. The van der Waals surface area contributed by atoms with Crippen LogP contribution in [0, 0.1) is 5.92 Å². The van der Waals surface area contributed by atoms with Crippen LogP contribution in [-0.4, -0.2) is 45.7 Å². The van der Waals surface area contributed by atoms with E-state index in [1.807, 2.05) is 36.4 Å². The summed E-state index contributed by atoms with van der Waals surface area (Å²) in [6.07, 6.45) is 1.49. The number of nitrogens with zero attached hydrogens (tertiary/aromatic N) is 1. The Morgan fingerprint density at radius 2 is 2.12 bits per heavy atom. The molecule has 6 nitrogen and oxygen atoms in total. The summed E-state index contributed by atoms with van der Waals surface area (Å²) < 4.78 is 0. The molecule has 0 saturated carbocycles. The molecule has 1 aromatic carbocycles. The first-order valence-corrected chi connectivity index (χ1v) is 8.88. The van der Waals surface area contributed by atoms with Crippen molar-refractivity contribution in [1.29, 1.82) is 0 Å². The zero-order valence-electron chi connectivity index (χ0n) is 13.8. The first kappa shape index (κ1) is 17.7. The van der Waals surface area contributed by atoms with Gasteiger partial charge in [-0.05, 0) is 12.5 Å². The lowest BCUT2D eigenvalue weighted by Gasteiger charge is -2.44. The molecule has 2 heterocycles. The number of aliphatic carboxylic acids is 1. The largest absolute Gasteiger partial charge is 0.477 e. The van der Waals surface area contributed by atoms with Crippen LogP contribution in [0.15, 0.2) is 47.0 Å². The van der Waals surface area contributed by atoms with E-state index in [9.17, 15) is 19.8 Å². The van der Waals surface area contributed by atoms with Crippen LogP contribution < -0.4 is 5.73 Å². The summed E-state index contributed by atoms with van der Waals surface area (Å²) in [5, 5.41) is 19.4. The van der Waals surface area contributed by atoms with Crippen molar-refractivity contribution >= 4 is 28.5 Å². The maximum absolute atomic E-state index is 12.3. The van der Waals surface area contributed by atoms with Gasteiger partial charge in [-0.3, -0.25) is 4.79 Å². The zero-order chi connectivity index (χ0) is 18.1. The van der Waals surface area contributed by atoms with Crippen molar-refractivity contribution in [1.82, 2.24) is 4.90 Å². The van der Waals surface area contributed by atoms with Gasteiger partial charge in [-0.2, -0.15) is 0 Å². The molecule has 0 aliphatic carbocycles. The van der Waals surface area contributed by atoms with Crippen molar-refractivity contribution in [3.05, 3.63) is 52.6 Å². The van der Waals surface area contributed by atoms with Gasteiger partial charge in [-0.1, -0.05) is 48.2 Å². The number of hydrogen-bond acceptors (Lipinski definition) is 5. The molecule has 7 heteroatoms. The fraction of sp³-hybridized carbons (Fsp3) is 0.333. The highest BCUT2D eigenvalue weighted by atomic mass is 32.2. The number of carboxylic acid groups (broad SMARTS) is 1. The average Bonchev–Trinajstić information content (AvgIpc) is 2.89. The number of carboxylic acids is 1. The Bertz CT molecular complexity index is 758. The molecule has 4 N–H and O–H groups in total. The van der Waals surface area contributed by atoms with Crippen LogP contribution in [0.5, 0.6) is 0 Å². The van der Waals surface area contributed by atoms with Crippen molar-refractivity contribution in [3.63, 3.8) is 0 Å². The molecular formula is C18H20N2O4S. The molecular weight excluding hydrogens is 340 g/mol. The first-order chi connectivity index (χ1) is 12.0. The minimum Gasteiger partial charge on any atom is -0.477 e. The number of aliphatic hydroxyl groups is 1. The second-order valence-electron chi connectivity index (χ2n) is 6.10. The topological polar surface area (TPSA) is 104 Å². The van der Waals surface area contributed by atoms with E-state index >= 15 is 0 Å². The lowest BCUT2D eigenvalue weighted by molar-refractivity contribution is -0.161. The van der Waals surface area contributed by atoms with Crippen molar-refractivity contribution in [2.75, 3.05) is 6.54 Å². The van der Waals surface area contributed by atoms with Crippen LogP contribution in [-0.2, 0) is 9.59 Å². The zero-order valence-corrected chi connectivity index (χ0v) is 14.6. The summed E-state index contributed by atoms with van der Waals surface area (Å²) in [6.45, 7) is 1.89. The molecule has 0 unspecified atom stereocenters. The Morgan fingerprint density at radius 1 is 1.44 bits per heavy atom.